The maximum Gasteiger partial charge on any atom is 0.257 e. The second-order valence-electron chi connectivity index (χ2n) is 5.73. The molecule has 3 heterocycles. The average molecular weight is 332 g/mol. The Kier molecular flexibility index (Phi) is 4.56. The first-order valence-electron chi connectivity index (χ1n) is 7.87. The smallest absolute Gasteiger partial charge is 0.257 e. The van der Waals surface area contributed by atoms with Gasteiger partial charge in [0.15, 0.2) is 10.8 Å². The summed E-state index contributed by atoms with van der Waals surface area (Å²) in [7, 11) is 0. The number of thiazole rings is 1. The molecule has 7 heteroatoms. The molecule has 0 unspecified atom stereocenters. The van der Waals surface area contributed by atoms with E-state index in [-0.39, 0.29) is 17.6 Å². The minimum absolute atomic E-state index is 0.0161. The first-order chi connectivity index (χ1) is 11.1. The van der Waals surface area contributed by atoms with Crippen molar-refractivity contribution >= 4 is 23.0 Å². The fraction of sp³-hybridized carbons (Fsp3) is 0.500. The van der Waals surface area contributed by atoms with Gasteiger partial charge in [-0.1, -0.05) is 0 Å². The van der Waals surface area contributed by atoms with Gasteiger partial charge in [-0.05, 0) is 26.7 Å². The third kappa shape index (κ3) is 3.06. The predicted molar refractivity (Wildman–Crippen MR) is 87.7 cm³/mol. The van der Waals surface area contributed by atoms with Crippen LogP contribution < -0.4 is 0 Å². The number of piperidine rings is 1. The van der Waals surface area contributed by atoms with Crippen LogP contribution in [0, 0.1) is 12.8 Å². The second-order valence-corrected chi connectivity index (χ2v) is 6.62. The molecular formula is C16H20N4O2S. The van der Waals surface area contributed by atoms with Crippen molar-refractivity contribution in [2.75, 3.05) is 13.1 Å². The number of aryl methyl sites for hydroxylation is 1. The van der Waals surface area contributed by atoms with E-state index in [4.69, 9.17) is 0 Å². The molecule has 3 rings (SSSR count). The molecule has 1 amide bonds. The van der Waals surface area contributed by atoms with E-state index in [0.717, 1.165) is 12.2 Å². The molecule has 0 N–H and O–H groups in total. The van der Waals surface area contributed by atoms with Crippen LogP contribution in [0.2, 0.25) is 0 Å². The van der Waals surface area contributed by atoms with Crippen molar-refractivity contribution in [3.8, 4) is 0 Å². The van der Waals surface area contributed by atoms with Gasteiger partial charge in [0.25, 0.3) is 5.91 Å². The quantitative estimate of drug-likeness (QED) is 0.806. The van der Waals surface area contributed by atoms with Crippen LogP contribution in [0.15, 0.2) is 17.8 Å². The highest BCUT2D eigenvalue weighted by molar-refractivity contribution is 7.11. The number of carbonyl (C=O) groups excluding carboxylic acids is 2. The standard InChI is InChI=1S/C16H20N4O2S/c1-3-20-11(2)13(10-18-20)16(22)19-7-4-12(5-8-19)14(21)15-17-6-9-23-15/h6,9-10,12H,3-5,7-8H2,1-2H3. The zero-order chi connectivity index (χ0) is 16.4. The number of hydrogen-bond donors (Lipinski definition) is 0. The minimum Gasteiger partial charge on any atom is -0.338 e. The van der Waals surface area contributed by atoms with Gasteiger partial charge in [0.05, 0.1) is 11.8 Å². The molecule has 1 aliphatic heterocycles. The van der Waals surface area contributed by atoms with Gasteiger partial charge in [0.2, 0.25) is 0 Å². The first kappa shape index (κ1) is 15.9. The summed E-state index contributed by atoms with van der Waals surface area (Å²) in [6, 6.07) is 0. The van der Waals surface area contributed by atoms with Gasteiger partial charge in [-0.15, -0.1) is 11.3 Å². The summed E-state index contributed by atoms with van der Waals surface area (Å²) in [5.74, 6) is 0.106. The number of Topliss-reactive ketones (excluding diaryl/α,β-unsaturated/α-hetero) is 1. The molecule has 0 atom stereocenters. The number of likely N-dealkylation sites (tertiary alicyclic amines) is 1. The molecule has 6 nitrogen and oxygen atoms in total. The zero-order valence-corrected chi connectivity index (χ0v) is 14.2. The van der Waals surface area contributed by atoms with E-state index in [1.54, 1.807) is 12.4 Å². The number of carbonyl (C=O) groups is 2. The maximum atomic E-state index is 12.6. The van der Waals surface area contributed by atoms with Gasteiger partial charge in [0, 0.05) is 42.8 Å². The van der Waals surface area contributed by atoms with Gasteiger partial charge in [-0.2, -0.15) is 5.10 Å². The molecule has 0 spiro atoms. The summed E-state index contributed by atoms with van der Waals surface area (Å²) in [6.45, 7) is 5.89. The first-order valence-corrected chi connectivity index (χ1v) is 8.75. The zero-order valence-electron chi connectivity index (χ0n) is 13.4. The molecule has 0 bridgehead atoms. The molecule has 0 aliphatic carbocycles. The van der Waals surface area contributed by atoms with Crippen LogP contribution in [-0.4, -0.2) is 44.4 Å². The minimum atomic E-state index is -0.0235. The Labute approximate surface area is 139 Å². The monoisotopic (exact) mass is 332 g/mol. The highest BCUT2D eigenvalue weighted by Crippen LogP contribution is 2.24. The lowest BCUT2D eigenvalue weighted by Crippen LogP contribution is -2.40. The van der Waals surface area contributed by atoms with Crippen LogP contribution in [0.4, 0.5) is 0 Å². The number of amides is 1. The lowest BCUT2D eigenvalue weighted by Gasteiger charge is -2.31. The number of hydrogen-bond acceptors (Lipinski definition) is 5. The molecule has 2 aromatic heterocycles. The molecule has 2 aromatic rings. The Hall–Kier alpha value is -2.02. The van der Waals surface area contributed by atoms with Gasteiger partial charge >= 0.3 is 0 Å². The van der Waals surface area contributed by atoms with Crippen molar-refractivity contribution in [1.29, 1.82) is 0 Å². The summed E-state index contributed by atoms with van der Waals surface area (Å²) in [5, 5.41) is 6.63. The molecule has 0 aromatic carbocycles. The Morgan fingerprint density at radius 1 is 1.35 bits per heavy atom. The number of nitrogens with zero attached hydrogens (tertiary/aromatic N) is 4. The summed E-state index contributed by atoms with van der Waals surface area (Å²) in [4.78, 5) is 30.9. The van der Waals surface area contributed by atoms with E-state index in [1.807, 2.05) is 28.8 Å². The molecule has 23 heavy (non-hydrogen) atoms. The molecule has 0 radical (unpaired) electrons. The summed E-state index contributed by atoms with van der Waals surface area (Å²) >= 11 is 1.38. The molecule has 1 fully saturated rings. The van der Waals surface area contributed by atoms with Gasteiger partial charge in [-0.3, -0.25) is 14.3 Å². The van der Waals surface area contributed by atoms with Gasteiger partial charge in [0.1, 0.15) is 0 Å². The highest BCUT2D eigenvalue weighted by Gasteiger charge is 2.30. The summed E-state index contributed by atoms with van der Waals surface area (Å²) < 4.78 is 1.83. The third-order valence-electron chi connectivity index (χ3n) is 4.43. The van der Waals surface area contributed by atoms with Crippen LogP contribution >= 0.6 is 11.3 Å². The van der Waals surface area contributed by atoms with E-state index in [2.05, 4.69) is 10.1 Å². The van der Waals surface area contributed by atoms with Crippen molar-refractivity contribution in [1.82, 2.24) is 19.7 Å². The largest absolute Gasteiger partial charge is 0.338 e. The molecule has 0 saturated carbocycles. The SMILES string of the molecule is CCn1ncc(C(=O)N2CCC(C(=O)c3nccs3)CC2)c1C. The predicted octanol–water partition coefficient (Wildman–Crippen LogP) is 2.40. The Morgan fingerprint density at radius 2 is 2.09 bits per heavy atom. The topological polar surface area (TPSA) is 68.1 Å². The highest BCUT2D eigenvalue weighted by atomic mass is 32.1. The fourth-order valence-corrected chi connectivity index (χ4v) is 3.67. The lowest BCUT2D eigenvalue weighted by atomic mass is 9.92. The van der Waals surface area contributed by atoms with Crippen LogP contribution in [0.1, 0.15) is 45.6 Å². The maximum absolute atomic E-state index is 12.6. The van der Waals surface area contributed by atoms with Crippen LogP contribution in [0.25, 0.3) is 0 Å². The van der Waals surface area contributed by atoms with Gasteiger partial charge in [-0.25, -0.2) is 4.98 Å². The molecule has 1 saturated heterocycles. The van der Waals surface area contributed by atoms with E-state index in [9.17, 15) is 9.59 Å². The average Bonchev–Trinajstić information content (AvgIpc) is 3.23. The van der Waals surface area contributed by atoms with Crippen LogP contribution in [-0.2, 0) is 6.54 Å². The van der Waals surface area contributed by atoms with Crippen LogP contribution in [0.5, 0.6) is 0 Å². The van der Waals surface area contributed by atoms with Gasteiger partial charge < -0.3 is 4.90 Å². The Morgan fingerprint density at radius 3 is 2.65 bits per heavy atom. The fourth-order valence-electron chi connectivity index (χ4n) is 3.01. The second kappa shape index (κ2) is 6.62. The van der Waals surface area contributed by atoms with E-state index < -0.39 is 0 Å². The summed E-state index contributed by atoms with van der Waals surface area (Å²) in [5.41, 5.74) is 1.56. The van der Waals surface area contributed by atoms with Crippen molar-refractivity contribution in [3.05, 3.63) is 34.0 Å². The van der Waals surface area contributed by atoms with Crippen LogP contribution in [0.3, 0.4) is 0 Å². The van der Waals surface area contributed by atoms with Crippen molar-refractivity contribution in [2.24, 2.45) is 5.92 Å². The number of ketones is 1. The van der Waals surface area contributed by atoms with Crippen molar-refractivity contribution in [2.45, 2.75) is 33.2 Å². The van der Waals surface area contributed by atoms with E-state index in [0.29, 0.717) is 36.5 Å². The normalized spacial score (nSPS) is 15.8. The molecule has 1 aliphatic rings. The van der Waals surface area contributed by atoms with Crippen molar-refractivity contribution in [3.63, 3.8) is 0 Å². The Balaban J connectivity index is 1.63. The van der Waals surface area contributed by atoms with Crippen molar-refractivity contribution < 1.29 is 9.59 Å². The Bertz CT molecular complexity index is 700. The van der Waals surface area contributed by atoms with E-state index >= 15 is 0 Å². The molecular weight excluding hydrogens is 312 g/mol. The van der Waals surface area contributed by atoms with E-state index in [1.165, 1.54) is 11.3 Å². The molecule has 122 valence electrons. The lowest BCUT2D eigenvalue weighted by molar-refractivity contribution is 0.0649. The number of rotatable bonds is 4. The summed E-state index contributed by atoms with van der Waals surface area (Å²) in [6.07, 6.45) is 4.70. The third-order valence-corrected chi connectivity index (χ3v) is 5.22. The number of aromatic nitrogens is 3.